The molecule has 0 fully saturated rings. The Kier molecular flexibility index (Phi) is 5.25. The number of carbonyl (C=O) groups excluding carboxylic acids is 1. The van der Waals surface area contributed by atoms with Crippen LogP contribution >= 0.6 is 31.9 Å². The van der Waals surface area contributed by atoms with Gasteiger partial charge in [-0.05, 0) is 61.7 Å². The lowest BCUT2D eigenvalue weighted by molar-refractivity contribution is 0.0471. The third-order valence-corrected chi connectivity index (χ3v) is 4.34. The van der Waals surface area contributed by atoms with E-state index in [1.807, 2.05) is 18.2 Å². The summed E-state index contributed by atoms with van der Waals surface area (Å²) < 4.78 is 11.8. The number of ether oxygens (including phenoxy) is 2. The maximum absolute atomic E-state index is 12.1. The molecule has 4 nitrogen and oxygen atoms in total. The number of rotatable bonds is 4. The predicted octanol–water partition coefficient (Wildman–Crippen LogP) is 4.16. The van der Waals surface area contributed by atoms with Crippen molar-refractivity contribution in [2.45, 2.75) is 6.61 Å². The molecule has 0 heterocycles. The van der Waals surface area contributed by atoms with E-state index in [-0.39, 0.29) is 6.61 Å². The summed E-state index contributed by atoms with van der Waals surface area (Å²) in [6.07, 6.45) is 0. The fraction of sp³-hybridized carbons (Fsp3) is 0.133. The fourth-order valence-electron chi connectivity index (χ4n) is 1.73. The monoisotopic (exact) mass is 413 g/mol. The summed E-state index contributed by atoms with van der Waals surface area (Å²) in [7, 11) is 1.59. The molecule has 2 aromatic rings. The van der Waals surface area contributed by atoms with Crippen LogP contribution in [0.15, 0.2) is 45.3 Å². The lowest BCUT2D eigenvalue weighted by Crippen LogP contribution is -2.07. The smallest absolute Gasteiger partial charge is 0.339 e. The van der Waals surface area contributed by atoms with E-state index in [0.29, 0.717) is 15.7 Å². The van der Waals surface area contributed by atoms with Gasteiger partial charge in [0.15, 0.2) is 0 Å². The molecule has 0 aliphatic heterocycles. The lowest BCUT2D eigenvalue weighted by Gasteiger charge is -2.09. The lowest BCUT2D eigenvalue weighted by atomic mass is 10.2. The van der Waals surface area contributed by atoms with Gasteiger partial charge in [0, 0.05) is 5.69 Å². The Morgan fingerprint density at radius 1 is 1.24 bits per heavy atom. The summed E-state index contributed by atoms with van der Waals surface area (Å²) in [4.78, 5) is 12.1. The number of anilines is 1. The highest BCUT2D eigenvalue weighted by atomic mass is 79.9. The molecule has 110 valence electrons. The molecule has 0 amide bonds. The average molecular weight is 415 g/mol. The first-order valence-corrected chi connectivity index (χ1v) is 7.65. The third kappa shape index (κ3) is 3.77. The van der Waals surface area contributed by atoms with Crippen LogP contribution in [-0.2, 0) is 11.3 Å². The summed E-state index contributed by atoms with van der Waals surface area (Å²) in [5.41, 5.74) is 7.50. The minimum Gasteiger partial charge on any atom is -0.496 e. The van der Waals surface area contributed by atoms with Crippen molar-refractivity contribution < 1.29 is 14.3 Å². The van der Waals surface area contributed by atoms with Crippen LogP contribution in [-0.4, -0.2) is 13.1 Å². The first kappa shape index (κ1) is 15.9. The minimum absolute atomic E-state index is 0.169. The Bertz CT molecular complexity index is 674. The first-order valence-electron chi connectivity index (χ1n) is 6.06. The van der Waals surface area contributed by atoms with Gasteiger partial charge in [0.05, 0.1) is 21.6 Å². The highest BCUT2D eigenvalue weighted by Crippen LogP contribution is 2.27. The van der Waals surface area contributed by atoms with E-state index in [1.165, 1.54) is 0 Å². The molecular weight excluding hydrogens is 402 g/mol. The largest absolute Gasteiger partial charge is 0.496 e. The van der Waals surface area contributed by atoms with E-state index in [4.69, 9.17) is 15.2 Å². The zero-order valence-electron chi connectivity index (χ0n) is 11.2. The Labute approximate surface area is 139 Å². The normalized spacial score (nSPS) is 10.2. The summed E-state index contributed by atoms with van der Waals surface area (Å²) in [6.45, 7) is 0.169. The minimum atomic E-state index is -0.430. The van der Waals surface area contributed by atoms with Crippen LogP contribution in [0.25, 0.3) is 0 Å². The molecule has 2 rings (SSSR count). The number of nitrogen functional groups attached to an aromatic ring is 1. The quantitative estimate of drug-likeness (QED) is 0.602. The van der Waals surface area contributed by atoms with Crippen LogP contribution in [0.2, 0.25) is 0 Å². The summed E-state index contributed by atoms with van der Waals surface area (Å²) >= 11 is 6.68. The molecule has 6 heteroatoms. The Hall–Kier alpha value is -1.53. The SMILES string of the molecule is COc1ccc(COC(=O)c2cccc(N)c2Br)cc1Br. The number of carbonyl (C=O) groups is 1. The maximum Gasteiger partial charge on any atom is 0.339 e. The molecule has 2 aromatic carbocycles. The van der Waals surface area contributed by atoms with Crippen LogP contribution in [0.1, 0.15) is 15.9 Å². The van der Waals surface area contributed by atoms with Gasteiger partial charge in [0.2, 0.25) is 0 Å². The molecule has 0 atom stereocenters. The fourth-order valence-corrected chi connectivity index (χ4v) is 2.75. The second-order valence-corrected chi connectivity index (χ2v) is 5.90. The highest BCUT2D eigenvalue weighted by molar-refractivity contribution is 9.11. The molecule has 0 aliphatic rings. The van der Waals surface area contributed by atoms with Gasteiger partial charge in [-0.25, -0.2) is 4.79 Å². The van der Waals surface area contributed by atoms with Gasteiger partial charge in [-0.3, -0.25) is 0 Å². The highest BCUT2D eigenvalue weighted by Gasteiger charge is 2.13. The van der Waals surface area contributed by atoms with Gasteiger partial charge in [0.25, 0.3) is 0 Å². The second-order valence-electron chi connectivity index (χ2n) is 4.25. The zero-order valence-corrected chi connectivity index (χ0v) is 14.4. The van der Waals surface area contributed by atoms with Crippen LogP contribution in [0, 0.1) is 0 Å². The van der Waals surface area contributed by atoms with Crippen molar-refractivity contribution in [2.75, 3.05) is 12.8 Å². The zero-order chi connectivity index (χ0) is 15.4. The van der Waals surface area contributed by atoms with Crippen molar-refractivity contribution in [1.29, 1.82) is 0 Å². The van der Waals surface area contributed by atoms with Gasteiger partial charge in [-0.2, -0.15) is 0 Å². The summed E-state index contributed by atoms with van der Waals surface area (Å²) in [5, 5.41) is 0. The number of esters is 1. The third-order valence-electron chi connectivity index (χ3n) is 2.83. The van der Waals surface area contributed by atoms with Gasteiger partial charge in [-0.15, -0.1) is 0 Å². The van der Waals surface area contributed by atoms with Gasteiger partial charge in [-0.1, -0.05) is 12.1 Å². The number of halogens is 2. The number of benzene rings is 2. The standard InChI is InChI=1S/C15H13Br2NO3/c1-20-13-6-5-9(7-11(13)16)8-21-15(19)10-3-2-4-12(18)14(10)17/h2-7H,8,18H2,1H3. The first-order chi connectivity index (χ1) is 10.0. The predicted molar refractivity (Wildman–Crippen MR) is 88.4 cm³/mol. The number of hydrogen-bond donors (Lipinski definition) is 1. The molecular formula is C15H13Br2NO3. The topological polar surface area (TPSA) is 61.5 Å². The number of nitrogens with two attached hydrogens (primary N) is 1. The van der Waals surface area contributed by atoms with Crippen LogP contribution in [0.5, 0.6) is 5.75 Å². The molecule has 0 bridgehead atoms. The van der Waals surface area contributed by atoms with Crippen molar-refractivity contribution in [3.63, 3.8) is 0 Å². The van der Waals surface area contributed by atoms with Crippen molar-refractivity contribution in [3.05, 3.63) is 56.5 Å². The Morgan fingerprint density at radius 3 is 2.67 bits per heavy atom. The van der Waals surface area contributed by atoms with Gasteiger partial charge < -0.3 is 15.2 Å². The van der Waals surface area contributed by atoms with Crippen molar-refractivity contribution in [3.8, 4) is 5.75 Å². The van der Waals surface area contributed by atoms with Crippen molar-refractivity contribution in [2.24, 2.45) is 0 Å². The van der Waals surface area contributed by atoms with Crippen LogP contribution in [0.3, 0.4) is 0 Å². The van der Waals surface area contributed by atoms with E-state index in [9.17, 15) is 4.79 Å². The second kappa shape index (κ2) is 6.95. The van der Waals surface area contributed by atoms with E-state index in [0.717, 1.165) is 15.8 Å². The average Bonchev–Trinajstić information content (AvgIpc) is 2.47. The van der Waals surface area contributed by atoms with Gasteiger partial charge in [0.1, 0.15) is 12.4 Å². The Morgan fingerprint density at radius 2 is 2.00 bits per heavy atom. The maximum atomic E-state index is 12.1. The van der Waals surface area contributed by atoms with Crippen molar-refractivity contribution in [1.82, 2.24) is 0 Å². The molecule has 0 aromatic heterocycles. The Balaban J connectivity index is 2.07. The molecule has 0 spiro atoms. The number of methoxy groups -OCH3 is 1. The molecule has 0 aliphatic carbocycles. The van der Waals surface area contributed by atoms with Crippen molar-refractivity contribution >= 4 is 43.5 Å². The van der Waals surface area contributed by atoms with E-state index in [2.05, 4.69) is 31.9 Å². The van der Waals surface area contributed by atoms with E-state index >= 15 is 0 Å². The number of hydrogen-bond acceptors (Lipinski definition) is 4. The molecule has 0 saturated heterocycles. The van der Waals surface area contributed by atoms with E-state index in [1.54, 1.807) is 25.3 Å². The molecule has 0 saturated carbocycles. The summed E-state index contributed by atoms with van der Waals surface area (Å²) in [6, 6.07) is 10.6. The van der Waals surface area contributed by atoms with Crippen LogP contribution < -0.4 is 10.5 Å². The van der Waals surface area contributed by atoms with E-state index < -0.39 is 5.97 Å². The molecule has 21 heavy (non-hydrogen) atoms. The molecule has 2 N–H and O–H groups in total. The van der Waals surface area contributed by atoms with Gasteiger partial charge >= 0.3 is 5.97 Å². The van der Waals surface area contributed by atoms with Crippen LogP contribution in [0.4, 0.5) is 5.69 Å². The summed E-state index contributed by atoms with van der Waals surface area (Å²) in [5.74, 6) is 0.296. The molecule has 0 unspecified atom stereocenters. The molecule has 0 radical (unpaired) electrons.